The van der Waals surface area contributed by atoms with E-state index in [1.165, 1.54) is 0 Å². The Bertz CT molecular complexity index is 508. The Morgan fingerprint density at radius 1 is 1.39 bits per heavy atom. The van der Waals surface area contributed by atoms with Crippen molar-refractivity contribution in [1.82, 2.24) is 10.1 Å². The first kappa shape index (κ1) is 12.6. The number of aliphatic hydroxyl groups is 1. The second-order valence-electron chi connectivity index (χ2n) is 4.10. The van der Waals surface area contributed by atoms with Crippen molar-refractivity contribution in [3.8, 4) is 17.1 Å². The average Bonchev–Trinajstić information content (AvgIpc) is 2.85. The summed E-state index contributed by atoms with van der Waals surface area (Å²) < 4.78 is 10.4. The number of aryl methyl sites for hydroxylation is 1. The topological polar surface area (TPSA) is 68.4 Å². The fraction of sp³-hybridized carbons (Fsp3) is 0.385. The first-order valence-corrected chi connectivity index (χ1v) is 5.84. The van der Waals surface area contributed by atoms with Gasteiger partial charge in [-0.25, -0.2) is 0 Å². The Kier molecular flexibility index (Phi) is 3.94. The van der Waals surface area contributed by atoms with Gasteiger partial charge in [-0.05, 0) is 25.5 Å². The standard InChI is InChI=1S/C13H16N2O3/c1-9(16)7-8-12-14-13(15-18-12)10-5-3-4-6-11(10)17-2/h3-6,9,16H,7-8H2,1-2H3. The number of hydrogen-bond acceptors (Lipinski definition) is 5. The molecule has 0 fully saturated rings. The van der Waals surface area contributed by atoms with Crippen molar-refractivity contribution in [2.24, 2.45) is 0 Å². The third kappa shape index (κ3) is 2.87. The van der Waals surface area contributed by atoms with E-state index in [1.54, 1.807) is 14.0 Å². The minimum Gasteiger partial charge on any atom is -0.496 e. The molecule has 0 spiro atoms. The van der Waals surface area contributed by atoms with Crippen LogP contribution in [0.15, 0.2) is 28.8 Å². The average molecular weight is 248 g/mol. The van der Waals surface area contributed by atoms with Gasteiger partial charge in [-0.3, -0.25) is 0 Å². The second kappa shape index (κ2) is 5.64. The summed E-state index contributed by atoms with van der Waals surface area (Å²) in [7, 11) is 1.60. The van der Waals surface area contributed by atoms with Gasteiger partial charge in [0.25, 0.3) is 0 Å². The molecule has 1 unspecified atom stereocenters. The molecule has 1 N–H and O–H groups in total. The highest BCUT2D eigenvalue weighted by Gasteiger charge is 2.12. The minimum absolute atomic E-state index is 0.369. The van der Waals surface area contributed by atoms with Gasteiger partial charge in [-0.15, -0.1) is 0 Å². The number of aliphatic hydroxyl groups excluding tert-OH is 1. The van der Waals surface area contributed by atoms with Crippen LogP contribution in [-0.2, 0) is 6.42 Å². The summed E-state index contributed by atoms with van der Waals surface area (Å²) in [4.78, 5) is 4.29. The predicted octanol–water partition coefficient (Wildman–Crippen LogP) is 2.06. The van der Waals surface area contributed by atoms with Crippen LogP contribution < -0.4 is 4.74 Å². The van der Waals surface area contributed by atoms with E-state index in [-0.39, 0.29) is 6.10 Å². The van der Waals surface area contributed by atoms with Crippen molar-refractivity contribution in [2.45, 2.75) is 25.9 Å². The molecule has 2 rings (SSSR count). The maximum absolute atomic E-state index is 9.21. The minimum atomic E-state index is -0.369. The summed E-state index contributed by atoms with van der Waals surface area (Å²) >= 11 is 0. The second-order valence-corrected chi connectivity index (χ2v) is 4.10. The number of hydrogen-bond donors (Lipinski definition) is 1. The number of nitrogens with zero attached hydrogens (tertiary/aromatic N) is 2. The molecule has 0 radical (unpaired) electrons. The van der Waals surface area contributed by atoms with Crippen LogP contribution in [0.2, 0.25) is 0 Å². The van der Waals surface area contributed by atoms with Gasteiger partial charge >= 0.3 is 0 Å². The quantitative estimate of drug-likeness (QED) is 0.877. The van der Waals surface area contributed by atoms with E-state index in [9.17, 15) is 5.11 Å². The summed E-state index contributed by atoms with van der Waals surface area (Å²) in [6.45, 7) is 1.73. The van der Waals surface area contributed by atoms with Gasteiger partial charge in [0, 0.05) is 6.42 Å². The number of rotatable bonds is 5. The lowest BCUT2D eigenvalue weighted by atomic mass is 10.2. The molecule has 0 aliphatic heterocycles. The van der Waals surface area contributed by atoms with E-state index in [0.29, 0.717) is 30.3 Å². The van der Waals surface area contributed by atoms with Crippen molar-refractivity contribution in [3.63, 3.8) is 0 Å². The molecule has 96 valence electrons. The number of benzene rings is 1. The first-order chi connectivity index (χ1) is 8.70. The van der Waals surface area contributed by atoms with E-state index >= 15 is 0 Å². The highest BCUT2D eigenvalue weighted by Crippen LogP contribution is 2.27. The summed E-state index contributed by atoms with van der Waals surface area (Å²) in [5, 5.41) is 13.1. The fourth-order valence-corrected chi connectivity index (χ4v) is 1.63. The molecule has 2 aromatic rings. The molecule has 0 aliphatic carbocycles. The highest BCUT2D eigenvalue weighted by atomic mass is 16.5. The van der Waals surface area contributed by atoms with Crippen LogP contribution >= 0.6 is 0 Å². The monoisotopic (exact) mass is 248 g/mol. The molecule has 5 nitrogen and oxygen atoms in total. The predicted molar refractivity (Wildman–Crippen MR) is 66.3 cm³/mol. The third-order valence-electron chi connectivity index (χ3n) is 2.59. The van der Waals surface area contributed by atoms with Crippen molar-refractivity contribution < 1.29 is 14.4 Å². The molecule has 5 heteroatoms. The van der Waals surface area contributed by atoms with Crippen LogP contribution in [0.1, 0.15) is 19.2 Å². The zero-order valence-corrected chi connectivity index (χ0v) is 10.5. The lowest BCUT2D eigenvalue weighted by Gasteiger charge is -2.03. The van der Waals surface area contributed by atoms with E-state index < -0.39 is 0 Å². The first-order valence-electron chi connectivity index (χ1n) is 5.84. The van der Waals surface area contributed by atoms with E-state index in [2.05, 4.69) is 10.1 Å². The summed E-state index contributed by atoms with van der Waals surface area (Å²) in [6, 6.07) is 7.50. The van der Waals surface area contributed by atoms with Crippen LogP contribution in [0, 0.1) is 0 Å². The smallest absolute Gasteiger partial charge is 0.227 e. The molecule has 0 saturated heterocycles. The van der Waals surface area contributed by atoms with Crippen LogP contribution in [-0.4, -0.2) is 28.5 Å². The number of aromatic nitrogens is 2. The van der Waals surface area contributed by atoms with Crippen molar-refractivity contribution in [2.75, 3.05) is 7.11 Å². The molecule has 1 heterocycles. The van der Waals surface area contributed by atoms with Gasteiger partial charge < -0.3 is 14.4 Å². The fourth-order valence-electron chi connectivity index (χ4n) is 1.63. The number of methoxy groups -OCH3 is 1. The Labute approximate surface area is 105 Å². The normalized spacial score (nSPS) is 12.4. The molecule has 1 aromatic carbocycles. The van der Waals surface area contributed by atoms with Crippen molar-refractivity contribution in [1.29, 1.82) is 0 Å². The van der Waals surface area contributed by atoms with E-state index in [4.69, 9.17) is 9.26 Å². The summed E-state index contributed by atoms with van der Waals surface area (Å²) in [5.41, 5.74) is 0.798. The molecule has 0 amide bonds. The van der Waals surface area contributed by atoms with Gasteiger partial charge in [-0.2, -0.15) is 4.98 Å². The van der Waals surface area contributed by atoms with E-state index in [0.717, 1.165) is 5.56 Å². The number of para-hydroxylation sites is 1. The Morgan fingerprint density at radius 3 is 2.89 bits per heavy atom. The third-order valence-corrected chi connectivity index (χ3v) is 2.59. The van der Waals surface area contributed by atoms with Gasteiger partial charge in [0.05, 0.1) is 18.8 Å². The summed E-state index contributed by atoms with van der Waals surface area (Å²) in [5.74, 6) is 1.74. The molecule has 0 aliphatic rings. The SMILES string of the molecule is COc1ccccc1-c1noc(CCC(C)O)n1. The van der Waals surface area contributed by atoms with Crippen LogP contribution in [0.5, 0.6) is 5.75 Å². The molecule has 0 saturated carbocycles. The van der Waals surface area contributed by atoms with Gasteiger partial charge in [0.2, 0.25) is 11.7 Å². The van der Waals surface area contributed by atoms with Gasteiger partial charge in [0.15, 0.2) is 0 Å². The largest absolute Gasteiger partial charge is 0.496 e. The van der Waals surface area contributed by atoms with Crippen molar-refractivity contribution >= 4 is 0 Å². The summed E-state index contributed by atoms with van der Waals surface area (Å²) in [6.07, 6.45) is 0.805. The molecule has 1 aromatic heterocycles. The Hall–Kier alpha value is -1.88. The molecular weight excluding hydrogens is 232 g/mol. The molecular formula is C13H16N2O3. The molecule has 18 heavy (non-hydrogen) atoms. The Balaban J connectivity index is 2.18. The zero-order chi connectivity index (χ0) is 13.0. The molecule has 1 atom stereocenters. The zero-order valence-electron chi connectivity index (χ0n) is 10.5. The Morgan fingerprint density at radius 2 is 2.17 bits per heavy atom. The van der Waals surface area contributed by atoms with Crippen LogP contribution in [0.3, 0.4) is 0 Å². The van der Waals surface area contributed by atoms with Gasteiger partial charge in [0.1, 0.15) is 5.75 Å². The van der Waals surface area contributed by atoms with Crippen LogP contribution in [0.25, 0.3) is 11.4 Å². The van der Waals surface area contributed by atoms with E-state index in [1.807, 2.05) is 24.3 Å². The van der Waals surface area contributed by atoms with Crippen molar-refractivity contribution in [3.05, 3.63) is 30.2 Å². The lowest BCUT2D eigenvalue weighted by Crippen LogP contribution is -2.01. The maximum Gasteiger partial charge on any atom is 0.227 e. The lowest BCUT2D eigenvalue weighted by molar-refractivity contribution is 0.180. The van der Waals surface area contributed by atoms with Crippen LogP contribution in [0.4, 0.5) is 0 Å². The number of ether oxygens (including phenoxy) is 1. The molecule has 0 bridgehead atoms. The maximum atomic E-state index is 9.21. The van der Waals surface area contributed by atoms with Gasteiger partial charge in [-0.1, -0.05) is 17.3 Å². The highest BCUT2D eigenvalue weighted by molar-refractivity contribution is 5.63.